The number of aromatic hydroxyl groups is 1. The van der Waals surface area contributed by atoms with Gasteiger partial charge in [0.25, 0.3) is 0 Å². The third-order valence-electron chi connectivity index (χ3n) is 4.38. The van der Waals surface area contributed by atoms with Crippen LogP contribution in [0.15, 0.2) is 65.9 Å². The number of nitrogens with zero attached hydrogens (tertiary/aromatic N) is 1. The highest BCUT2D eigenvalue weighted by molar-refractivity contribution is 8.05. The Morgan fingerprint density at radius 1 is 1.31 bits per heavy atom. The summed E-state index contributed by atoms with van der Waals surface area (Å²) in [6.07, 6.45) is 0.830. The molecule has 0 amide bonds. The molecule has 3 aromatic rings. The maximum Gasteiger partial charge on any atom is 0.152 e. The number of phenolic OH excluding ortho intramolecular Hbond substituents is 1. The zero-order valence-electron chi connectivity index (χ0n) is 16.6. The molecule has 0 radical (unpaired) electrons. The van der Waals surface area contributed by atoms with Crippen molar-refractivity contribution >= 4 is 29.0 Å². The Labute approximate surface area is 174 Å². The number of nitrogens with one attached hydrogen (secondary N) is 1. The van der Waals surface area contributed by atoms with Crippen LogP contribution in [0.1, 0.15) is 21.6 Å². The molecule has 1 aromatic heterocycles. The maximum absolute atomic E-state index is 12.7. The highest BCUT2D eigenvalue weighted by Crippen LogP contribution is 2.29. The standard InChI is InChI=1S/C15H15NO2S.C8H10FN/c1-4-19-10(2)8-16-11(3)14(9-17)13-7-12(18)5-6-15(13)16;1-10-6-7-4-2-3-5-8(7)9/h4-7,9,18H,1-2,8H2,3H3;2-5,10H,6H2,1H3. The quantitative estimate of drug-likeness (QED) is 0.510. The molecule has 2 aromatic carbocycles. The minimum Gasteiger partial charge on any atom is -0.508 e. The van der Waals surface area contributed by atoms with E-state index in [0.29, 0.717) is 24.2 Å². The summed E-state index contributed by atoms with van der Waals surface area (Å²) in [6, 6.07) is 11.8. The van der Waals surface area contributed by atoms with Gasteiger partial charge in [0.2, 0.25) is 0 Å². The number of fused-ring (bicyclic) bond motifs is 1. The van der Waals surface area contributed by atoms with Crippen molar-refractivity contribution in [2.24, 2.45) is 0 Å². The van der Waals surface area contributed by atoms with Gasteiger partial charge in [-0.2, -0.15) is 0 Å². The van der Waals surface area contributed by atoms with Crippen LogP contribution in [0.3, 0.4) is 0 Å². The van der Waals surface area contributed by atoms with Gasteiger partial charge in [0.1, 0.15) is 11.6 Å². The van der Waals surface area contributed by atoms with E-state index in [1.165, 1.54) is 17.8 Å². The van der Waals surface area contributed by atoms with Gasteiger partial charge in [-0.05, 0) is 43.6 Å². The first kappa shape index (κ1) is 22.5. The highest BCUT2D eigenvalue weighted by atomic mass is 32.2. The van der Waals surface area contributed by atoms with Crippen molar-refractivity contribution in [2.75, 3.05) is 7.05 Å². The van der Waals surface area contributed by atoms with Gasteiger partial charge < -0.3 is 15.0 Å². The lowest BCUT2D eigenvalue weighted by Gasteiger charge is -2.09. The number of phenols is 1. The lowest BCUT2D eigenvalue weighted by molar-refractivity contribution is 0.112. The van der Waals surface area contributed by atoms with Gasteiger partial charge in [-0.25, -0.2) is 4.39 Å². The normalized spacial score (nSPS) is 10.3. The van der Waals surface area contributed by atoms with Crippen LogP contribution in [-0.2, 0) is 13.1 Å². The van der Waals surface area contributed by atoms with Crippen molar-refractivity contribution in [1.29, 1.82) is 0 Å². The number of thioether (sulfide) groups is 1. The number of halogens is 1. The van der Waals surface area contributed by atoms with Crippen LogP contribution in [0, 0.1) is 12.7 Å². The van der Waals surface area contributed by atoms with Crippen molar-refractivity contribution in [3.05, 3.63) is 88.6 Å². The topological polar surface area (TPSA) is 54.3 Å². The molecule has 2 N–H and O–H groups in total. The lowest BCUT2D eigenvalue weighted by Crippen LogP contribution is -2.06. The molecule has 152 valence electrons. The SMILES string of the molecule is C=CSC(=C)Cn1c(C)c(C=O)c2cc(O)ccc21.CNCc1ccccc1F. The molecule has 0 aliphatic carbocycles. The van der Waals surface area contributed by atoms with Gasteiger partial charge in [-0.15, -0.1) is 11.8 Å². The Balaban J connectivity index is 0.000000253. The molecule has 1 heterocycles. The fourth-order valence-electron chi connectivity index (χ4n) is 3.01. The van der Waals surface area contributed by atoms with Crippen molar-refractivity contribution in [1.82, 2.24) is 9.88 Å². The van der Waals surface area contributed by atoms with Crippen LogP contribution < -0.4 is 5.32 Å². The Kier molecular flexibility index (Phi) is 8.24. The fourth-order valence-corrected chi connectivity index (χ4v) is 3.45. The minimum absolute atomic E-state index is 0.142. The van der Waals surface area contributed by atoms with Crippen LogP contribution in [0.2, 0.25) is 0 Å². The number of hydrogen-bond acceptors (Lipinski definition) is 4. The molecule has 0 unspecified atom stereocenters. The minimum atomic E-state index is -0.142. The number of aromatic nitrogens is 1. The molecule has 0 aliphatic heterocycles. The fraction of sp³-hybridized carbons (Fsp3) is 0.174. The predicted octanol–water partition coefficient (Wildman–Crippen LogP) is 5.40. The van der Waals surface area contributed by atoms with Gasteiger partial charge >= 0.3 is 0 Å². The van der Waals surface area contributed by atoms with Gasteiger partial charge in [0.15, 0.2) is 6.29 Å². The molecule has 0 spiro atoms. The molecule has 3 rings (SSSR count). The zero-order valence-corrected chi connectivity index (χ0v) is 17.4. The van der Waals surface area contributed by atoms with E-state index in [0.717, 1.165) is 27.8 Å². The van der Waals surface area contributed by atoms with Gasteiger partial charge in [0.05, 0.1) is 6.54 Å². The zero-order chi connectivity index (χ0) is 21.4. The second kappa shape index (κ2) is 10.6. The highest BCUT2D eigenvalue weighted by Gasteiger charge is 2.14. The van der Waals surface area contributed by atoms with Crippen LogP contribution in [0.25, 0.3) is 10.9 Å². The van der Waals surface area contributed by atoms with Crippen LogP contribution >= 0.6 is 11.8 Å². The summed E-state index contributed by atoms with van der Waals surface area (Å²) in [4.78, 5) is 12.2. The molecule has 6 heteroatoms. The summed E-state index contributed by atoms with van der Waals surface area (Å²) in [7, 11) is 1.80. The van der Waals surface area contributed by atoms with Gasteiger partial charge in [0, 0.05) is 39.2 Å². The van der Waals surface area contributed by atoms with E-state index in [2.05, 4.69) is 18.5 Å². The molecular weight excluding hydrogens is 387 g/mol. The first-order valence-electron chi connectivity index (χ1n) is 9.03. The lowest BCUT2D eigenvalue weighted by atomic mass is 10.1. The molecule has 0 bridgehead atoms. The number of rotatable bonds is 7. The summed E-state index contributed by atoms with van der Waals surface area (Å²) in [5.41, 5.74) is 3.12. The molecule has 29 heavy (non-hydrogen) atoms. The number of carbonyl (C=O) groups excluding carboxylic acids is 1. The molecule has 0 fully saturated rings. The molecular formula is C23H25FN2O2S. The molecule has 0 aliphatic rings. The summed E-state index contributed by atoms with van der Waals surface area (Å²) >= 11 is 1.47. The number of benzene rings is 2. The first-order chi connectivity index (χ1) is 13.9. The van der Waals surface area contributed by atoms with E-state index in [1.807, 2.05) is 23.6 Å². The summed E-state index contributed by atoms with van der Waals surface area (Å²) in [6.45, 7) is 10.7. The third kappa shape index (κ3) is 5.59. The monoisotopic (exact) mass is 412 g/mol. The number of allylic oxidation sites excluding steroid dienone is 1. The average molecular weight is 413 g/mol. The Bertz CT molecular complexity index is 1030. The van der Waals surface area contributed by atoms with Crippen LogP contribution in [0.4, 0.5) is 4.39 Å². The van der Waals surface area contributed by atoms with Gasteiger partial charge in [-0.1, -0.05) is 31.4 Å². The first-order valence-corrected chi connectivity index (χ1v) is 9.91. The molecule has 0 atom stereocenters. The van der Waals surface area contributed by atoms with Crippen LogP contribution in [-0.4, -0.2) is 23.0 Å². The molecule has 4 nitrogen and oxygen atoms in total. The summed E-state index contributed by atoms with van der Waals surface area (Å²) in [5, 5.41) is 14.9. The number of aldehydes is 1. The molecule has 0 saturated heterocycles. The van der Waals surface area contributed by atoms with Crippen LogP contribution in [0.5, 0.6) is 5.75 Å². The largest absolute Gasteiger partial charge is 0.508 e. The van der Waals surface area contributed by atoms with Crippen molar-refractivity contribution in [3.63, 3.8) is 0 Å². The predicted molar refractivity (Wildman–Crippen MR) is 120 cm³/mol. The second-order valence-corrected chi connectivity index (χ2v) is 7.50. The number of hydrogen-bond donors (Lipinski definition) is 2. The maximum atomic E-state index is 12.7. The van der Waals surface area contributed by atoms with Crippen molar-refractivity contribution in [3.8, 4) is 5.75 Å². The summed E-state index contributed by atoms with van der Waals surface area (Å²) < 4.78 is 14.8. The van der Waals surface area contributed by atoms with Crippen molar-refractivity contribution in [2.45, 2.75) is 20.0 Å². The Morgan fingerprint density at radius 2 is 2.03 bits per heavy atom. The molecule has 0 saturated carbocycles. The van der Waals surface area contributed by atoms with E-state index >= 15 is 0 Å². The van der Waals surface area contributed by atoms with E-state index in [1.54, 1.807) is 36.7 Å². The Hall–Kier alpha value is -2.83. The average Bonchev–Trinajstić information content (AvgIpc) is 2.95. The van der Waals surface area contributed by atoms with E-state index in [4.69, 9.17) is 0 Å². The number of carbonyl (C=O) groups is 1. The van der Waals surface area contributed by atoms with E-state index < -0.39 is 0 Å². The second-order valence-electron chi connectivity index (χ2n) is 6.35. The smallest absolute Gasteiger partial charge is 0.152 e. The van der Waals surface area contributed by atoms with Crippen molar-refractivity contribution < 1.29 is 14.3 Å². The Morgan fingerprint density at radius 3 is 2.66 bits per heavy atom. The van der Waals surface area contributed by atoms with E-state index in [9.17, 15) is 14.3 Å². The van der Waals surface area contributed by atoms with E-state index in [-0.39, 0.29) is 11.6 Å². The third-order valence-corrected chi connectivity index (χ3v) is 5.01. The van der Waals surface area contributed by atoms with Gasteiger partial charge in [-0.3, -0.25) is 4.79 Å². The summed E-state index contributed by atoms with van der Waals surface area (Å²) in [5.74, 6) is 0.0175.